The third-order valence-electron chi connectivity index (χ3n) is 6.90. The van der Waals surface area contributed by atoms with Crippen LogP contribution in [0.2, 0.25) is 0 Å². The summed E-state index contributed by atoms with van der Waals surface area (Å²) in [6.07, 6.45) is 2.86. The first-order valence-corrected chi connectivity index (χ1v) is 13.9. The molecule has 1 aromatic carbocycles. The lowest BCUT2D eigenvalue weighted by Gasteiger charge is -2.27. The van der Waals surface area contributed by atoms with Crippen LogP contribution in [0.4, 0.5) is 5.82 Å². The fourth-order valence-electron chi connectivity index (χ4n) is 4.66. The van der Waals surface area contributed by atoms with E-state index in [0.717, 1.165) is 36.1 Å². The minimum absolute atomic E-state index is 0.0742. The molecule has 5 rings (SSSR count). The molecule has 4 aromatic rings. The van der Waals surface area contributed by atoms with Crippen LogP contribution in [0.25, 0.3) is 22.2 Å². The quantitative estimate of drug-likeness (QED) is 0.250. The van der Waals surface area contributed by atoms with Crippen LogP contribution in [0.1, 0.15) is 45.0 Å². The summed E-state index contributed by atoms with van der Waals surface area (Å²) in [5.74, 6) is 1.68. The number of nitrogen functional groups attached to an aromatic ring is 1. The maximum absolute atomic E-state index is 12.7. The molecule has 0 spiro atoms. The van der Waals surface area contributed by atoms with Crippen LogP contribution in [-0.4, -0.2) is 74.2 Å². The molecule has 198 valence electrons. The van der Waals surface area contributed by atoms with E-state index < -0.39 is 28.7 Å². The molecular formula is C25H33N7O4S. The number of fused-ring (bicyclic) bond motifs is 2. The Balaban J connectivity index is 1.13. The zero-order valence-electron chi connectivity index (χ0n) is 21.2. The number of unbranched alkanes of at least 4 members (excludes halogenated alkanes) is 1. The Morgan fingerprint density at radius 1 is 1.27 bits per heavy atom. The van der Waals surface area contributed by atoms with Gasteiger partial charge in [-0.25, -0.2) is 19.9 Å². The fraction of sp³-hybridized carbons (Fsp3) is 0.520. The van der Waals surface area contributed by atoms with Crippen LogP contribution in [0, 0.1) is 0 Å². The molecule has 1 fully saturated rings. The fourth-order valence-corrected chi connectivity index (χ4v) is 6.00. The van der Waals surface area contributed by atoms with E-state index in [0.29, 0.717) is 16.9 Å². The van der Waals surface area contributed by atoms with Gasteiger partial charge in [-0.15, -0.1) is 0 Å². The number of hydrogen-bond acceptors (Lipinski definition) is 9. The number of hydrogen-bond donors (Lipinski definition) is 4. The Labute approximate surface area is 217 Å². The number of nitrogens with zero attached hydrogens (tertiary/aromatic N) is 5. The van der Waals surface area contributed by atoms with Crippen LogP contribution in [0.15, 0.2) is 30.9 Å². The van der Waals surface area contributed by atoms with Crippen molar-refractivity contribution in [1.29, 1.82) is 0 Å². The van der Waals surface area contributed by atoms with E-state index in [1.54, 1.807) is 0 Å². The summed E-state index contributed by atoms with van der Waals surface area (Å²) in [6.45, 7) is 6.38. The third-order valence-corrected chi connectivity index (χ3v) is 8.34. The predicted molar refractivity (Wildman–Crippen MR) is 141 cm³/mol. The summed E-state index contributed by atoms with van der Waals surface area (Å²) in [6, 6.07) is 6.33. The van der Waals surface area contributed by atoms with Gasteiger partial charge in [0.25, 0.3) is 0 Å². The Morgan fingerprint density at radius 3 is 2.86 bits per heavy atom. The van der Waals surface area contributed by atoms with Crippen molar-refractivity contribution in [2.24, 2.45) is 0 Å². The van der Waals surface area contributed by atoms with Crippen molar-refractivity contribution in [3.05, 3.63) is 42.2 Å². The van der Waals surface area contributed by atoms with Gasteiger partial charge >= 0.3 is 0 Å². The van der Waals surface area contributed by atoms with E-state index in [-0.39, 0.29) is 23.6 Å². The van der Waals surface area contributed by atoms with E-state index in [9.17, 15) is 14.4 Å². The number of anilines is 1. The van der Waals surface area contributed by atoms with Gasteiger partial charge in [-0.1, -0.05) is 26.8 Å². The van der Waals surface area contributed by atoms with Crippen molar-refractivity contribution >= 4 is 38.8 Å². The van der Waals surface area contributed by atoms with Crippen LogP contribution < -0.4 is 5.73 Å². The number of aliphatic hydroxyl groups excluding tert-OH is 1. The molecule has 0 amide bonds. The van der Waals surface area contributed by atoms with Gasteiger partial charge in [0.05, 0.1) is 35.8 Å². The Hall–Kier alpha value is -2.93. The lowest BCUT2D eigenvalue weighted by atomic mass is 9.87. The minimum atomic E-state index is -1.79. The van der Waals surface area contributed by atoms with Crippen molar-refractivity contribution in [3.63, 3.8) is 0 Å². The van der Waals surface area contributed by atoms with Gasteiger partial charge in [-0.3, -0.25) is 8.78 Å². The summed E-state index contributed by atoms with van der Waals surface area (Å²) < 4.78 is 19.7. The number of aliphatic hydroxyl groups is 2. The smallest absolute Gasteiger partial charge is 0.197 e. The summed E-state index contributed by atoms with van der Waals surface area (Å²) in [5, 5.41) is 22.1. The number of rotatable bonds is 8. The van der Waals surface area contributed by atoms with Crippen molar-refractivity contribution in [2.45, 2.75) is 63.4 Å². The molecule has 0 radical (unpaired) electrons. The lowest BCUT2D eigenvalue weighted by Crippen LogP contribution is -2.47. The summed E-state index contributed by atoms with van der Waals surface area (Å²) in [4.78, 5) is 20.3. The van der Waals surface area contributed by atoms with Crippen molar-refractivity contribution in [3.8, 4) is 0 Å². The van der Waals surface area contributed by atoms with Crippen molar-refractivity contribution in [1.82, 2.24) is 29.5 Å². The molecule has 1 aliphatic heterocycles. The number of benzene rings is 1. The molecule has 11 nitrogen and oxygen atoms in total. The third kappa shape index (κ3) is 4.98. The topological polar surface area (TPSA) is 165 Å². The largest absolute Gasteiger partial charge is 0.385 e. The van der Waals surface area contributed by atoms with E-state index in [1.165, 1.54) is 22.8 Å². The van der Waals surface area contributed by atoms with Crippen LogP contribution in [0.3, 0.4) is 0 Å². The molecule has 0 bridgehead atoms. The average molecular weight is 528 g/mol. The van der Waals surface area contributed by atoms with Gasteiger partial charge in [-0.2, -0.15) is 0 Å². The number of imidazole rings is 2. The summed E-state index contributed by atoms with van der Waals surface area (Å²) in [5.41, 5.74) is 7.97. The highest BCUT2D eigenvalue weighted by atomic mass is 32.2. The standard InChI is InChI=1S/C25H33N7O4S/c1-24(2,3)15-7-8-16-17(10-15)31-19(30-16)6-4-5-9-37(35)11-18-21(33)25(34,12-36-18)32-14-29-20-22(26)27-13-28-23(20)32/h7-8,10,13-14,18,21,33-34H,4-6,9,11-12H2,1-3H3,(H,30,31)(H2,26,27,28)/t18?,21-,25-,37?/m1/s1. The second kappa shape index (κ2) is 9.75. The van der Waals surface area contributed by atoms with Gasteiger partial charge in [0, 0.05) is 23.0 Å². The molecule has 1 saturated heterocycles. The molecule has 1 aliphatic rings. The Bertz CT molecular complexity index is 1450. The molecule has 4 heterocycles. The Morgan fingerprint density at radius 2 is 2.08 bits per heavy atom. The van der Waals surface area contributed by atoms with Crippen molar-refractivity contribution < 1.29 is 19.2 Å². The SMILES string of the molecule is CC(C)(C)c1ccc2nc(CCCCS(=O)CC3OC[C@](O)(n4cnc5c(N)ncnc54)[C@@H]3O)[nH]c2c1. The molecule has 4 atom stereocenters. The zero-order chi connectivity index (χ0) is 26.4. The van der Waals surface area contributed by atoms with Gasteiger partial charge in [0.1, 0.15) is 23.8 Å². The Kier molecular flexibility index (Phi) is 6.77. The number of aromatic amines is 1. The highest BCUT2D eigenvalue weighted by Crippen LogP contribution is 2.33. The molecular weight excluding hydrogens is 494 g/mol. The average Bonchev–Trinajstić information content (AvgIpc) is 3.54. The van der Waals surface area contributed by atoms with Crippen LogP contribution >= 0.6 is 0 Å². The summed E-state index contributed by atoms with van der Waals surface area (Å²) in [7, 11) is -1.22. The van der Waals surface area contributed by atoms with Gasteiger partial charge in [0.15, 0.2) is 17.2 Å². The number of ether oxygens (including phenoxy) is 1. The van der Waals surface area contributed by atoms with Crippen LogP contribution in [0.5, 0.6) is 0 Å². The lowest BCUT2D eigenvalue weighted by molar-refractivity contribution is -0.107. The first-order chi connectivity index (χ1) is 17.6. The number of H-pyrrole nitrogens is 1. The predicted octanol–water partition coefficient (Wildman–Crippen LogP) is 1.76. The number of aromatic nitrogens is 6. The minimum Gasteiger partial charge on any atom is -0.385 e. The van der Waals surface area contributed by atoms with Gasteiger partial charge in [0.2, 0.25) is 0 Å². The molecule has 12 heteroatoms. The maximum Gasteiger partial charge on any atom is 0.197 e. The van der Waals surface area contributed by atoms with E-state index in [4.69, 9.17) is 10.5 Å². The van der Waals surface area contributed by atoms with E-state index in [2.05, 4.69) is 57.8 Å². The highest BCUT2D eigenvalue weighted by molar-refractivity contribution is 7.85. The molecule has 0 saturated carbocycles. The van der Waals surface area contributed by atoms with E-state index in [1.807, 2.05) is 6.07 Å². The molecule has 37 heavy (non-hydrogen) atoms. The number of nitrogens with two attached hydrogens (primary N) is 1. The maximum atomic E-state index is 12.7. The summed E-state index contributed by atoms with van der Waals surface area (Å²) >= 11 is 0. The zero-order valence-corrected chi connectivity index (χ0v) is 22.0. The first kappa shape index (κ1) is 25.7. The van der Waals surface area contributed by atoms with Crippen LogP contribution in [-0.2, 0) is 33.1 Å². The normalized spacial score (nSPS) is 23.3. The second-order valence-corrected chi connectivity index (χ2v) is 12.3. The molecule has 5 N–H and O–H groups in total. The van der Waals surface area contributed by atoms with Gasteiger partial charge < -0.3 is 25.7 Å². The number of aryl methyl sites for hydroxylation is 1. The number of nitrogens with one attached hydrogen (secondary N) is 1. The van der Waals surface area contributed by atoms with E-state index >= 15 is 0 Å². The second-order valence-electron chi connectivity index (χ2n) is 10.7. The van der Waals surface area contributed by atoms with Gasteiger partial charge in [-0.05, 0) is 36.0 Å². The van der Waals surface area contributed by atoms with Crippen molar-refractivity contribution in [2.75, 3.05) is 23.8 Å². The molecule has 2 unspecified atom stereocenters. The monoisotopic (exact) mass is 527 g/mol. The first-order valence-electron chi connectivity index (χ1n) is 12.4. The molecule has 0 aliphatic carbocycles. The highest BCUT2D eigenvalue weighted by Gasteiger charge is 2.50. The molecule has 3 aromatic heterocycles.